The Labute approximate surface area is 174 Å². The molecule has 0 aliphatic heterocycles. The van der Waals surface area contributed by atoms with Gasteiger partial charge in [-0.2, -0.15) is 0 Å². The van der Waals surface area contributed by atoms with Gasteiger partial charge in [0.1, 0.15) is 5.69 Å². The minimum atomic E-state index is -0.775. The molecule has 2 N–H and O–H groups in total. The predicted molar refractivity (Wildman–Crippen MR) is 112 cm³/mol. The van der Waals surface area contributed by atoms with Gasteiger partial charge >= 0.3 is 5.97 Å². The summed E-state index contributed by atoms with van der Waals surface area (Å²) >= 11 is 0. The highest BCUT2D eigenvalue weighted by atomic mass is 16.6. The molecule has 0 aromatic heterocycles. The second-order valence-corrected chi connectivity index (χ2v) is 7.48. The average molecular weight is 411 g/mol. The van der Waals surface area contributed by atoms with E-state index in [2.05, 4.69) is 10.6 Å². The van der Waals surface area contributed by atoms with E-state index in [-0.39, 0.29) is 23.3 Å². The third-order valence-corrected chi connectivity index (χ3v) is 4.82. The molecule has 158 valence electrons. The highest BCUT2D eigenvalue weighted by Crippen LogP contribution is 2.31. The first-order valence-corrected chi connectivity index (χ1v) is 9.98. The monoisotopic (exact) mass is 411 g/mol. The van der Waals surface area contributed by atoms with Crippen molar-refractivity contribution >= 4 is 23.3 Å². The molecule has 1 saturated carbocycles. The van der Waals surface area contributed by atoms with Gasteiger partial charge in [-0.3, -0.25) is 14.9 Å². The fraction of sp³-hybridized carbons (Fsp3) is 0.364. The summed E-state index contributed by atoms with van der Waals surface area (Å²) in [5, 5.41) is 17.2. The lowest BCUT2D eigenvalue weighted by Crippen LogP contribution is -2.36. The van der Waals surface area contributed by atoms with E-state index in [0.717, 1.165) is 25.7 Å². The minimum Gasteiger partial charge on any atom is -0.452 e. The molecule has 8 nitrogen and oxygen atoms in total. The summed E-state index contributed by atoms with van der Waals surface area (Å²) < 4.78 is 5.03. The number of ether oxygens (including phenoxy) is 1. The lowest BCUT2D eigenvalue weighted by Gasteiger charge is -2.14. The SMILES string of the molecule is C[C@@H](CCc1ccccc1)NC(=O)COC(=O)c1ccc(NC2CC2)c([N+](=O)[O-])c1. The number of amides is 1. The highest BCUT2D eigenvalue weighted by molar-refractivity contribution is 5.93. The summed E-state index contributed by atoms with van der Waals surface area (Å²) in [6.07, 6.45) is 3.53. The van der Waals surface area contributed by atoms with E-state index in [4.69, 9.17) is 4.74 Å². The highest BCUT2D eigenvalue weighted by Gasteiger charge is 2.26. The summed E-state index contributed by atoms with van der Waals surface area (Å²) in [4.78, 5) is 35.0. The van der Waals surface area contributed by atoms with Crippen LogP contribution in [0, 0.1) is 10.1 Å². The molecule has 30 heavy (non-hydrogen) atoms. The van der Waals surface area contributed by atoms with Crippen LogP contribution in [0.2, 0.25) is 0 Å². The molecule has 8 heteroatoms. The lowest BCUT2D eigenvalue weighted by molar-refractivity contribution is -0.384. The van der Waals surface area contributed by atoms with E-state index < -0.39 is 23.4 Å². The van der Waals surface area contributed by atoms with Gasteiger partial charge in [-0.15, -0.1) is 0 Å². The van der Waals surface area contributed by atoms with Crippen molar-refractivity contribution in [3.63, 3.8) is 0 Å². The topological polar surface area (TPSA) is 111 Å². The van der Waals surface area contributed by atoms with Crippen LogP contribution in [0.3, 0.4) is 0 Å². The summed E-state index contributed by atoms with van der Waals surface area (Å²) in [5.74, 6) is -1.19. The number of esters is 1. The molecule has 0 radical (unpaired) electrons. The number of carbonyl (C=O) groups excluding carboxylic acids is 2. The number of anilines is 1. The Morgan fingerprint density at radius 3 is 2.60 bits per heavy atom. The van der Waals surface area contributed by atoms with Crippen LogP contribution in [0.15, 0.2) is 48.5 Å². The van der Waals surface area contributed by atoms with Crippen molar-refractivity contribution < 1.29 is 19.2 Å². The van der Waals surface area contributed by atoms with E-state index in [9.17, 15) is 19.7 Å². The van der Waals surface area contributed by atoms with E-state index in [0.29, 0.717) is 5.69 Å². The van der Waals surface area contributed by atoms with E-state index in [1.54, 1.807) is 0 Å². The van der Waals surface area contributed by atoms with Crippen LogP contribution >= 0.6 is 0 Å². The molecule has 0 saturated heterocycles. The van der Waals surface area contributed by atoms with Crippen molar-refractivity contribution in [3.05, 3.63) is 69.8 Å². The largest absolute Gasteiger partial charge is 0.452 e. The molecule has 2 aromatic carbocycles. The second kappa shape index (κ2) is 9.87. The minimum absolute atomic E-state index is 0.0352. The zero-order valence-electron chi connectivity index (χ0n) is 16.8. The smallest absolute Gasteiger partial charge is 0.338 e. The molecule has 3 rings (SSSR count). The molecule has 1 aliphatic rings. The molecular formula is C22H25N3O5. The molecule has 1 atom stereocenters. The fourth-order valence-corrected chi connectivity index (χ4v) is 3.01. The summed E-state index contributed by atoms with van der Waals surface area (Å²) in [6.45, 7) is 1.45. The van der Waals surface area contributed by atoms with Gasteiger partial charge in [-0.25, -0.2) is 4.79 Å². The molecule has 1 aliphatic carbocycles. The van der Waals surface area contributed by atoms with Crippen molar-refractivity contribution in [1.82, 2.24) is 5.32 Å². The molecule has 2 aromatic rings. The quantitative estimate of drug-likeness (QED) is 0.352. The van der Waals surface area contributed by atoms with Crippen molar-refractivity contribution in [2.24, 2.45) is 0 Å². The number of nitrogens with zero attached hydrogens (tertiary/aromatic N) is 1. The summed E-state index contributed by atoms with van der Waals surface area (Å²) in [5.41, 5.74) is 1.42. The third-order valence-electron chi connectivity index (χ3n) is 4.82. The Kier molecular flexibility index (Phi) is 7.00. The first kappa shape index (κ1) is 21.3. The number of aryl methyl sites for hydroxylation is 1. The zero-order chi connectivity index (χ0) is 21.5. The number of carbonyl (C=O) groups is 2. The number of rotatable bonds is 10. The van der Waals surface area contributed by atoms with Crippen LogP contribution in [0.25, 0.3) is 0 Å². The maximum absolute atomic E-state index is 12.2. The van der Waals surface area contributed by atoms with Crippen molar-refractivity contribution in [2.45, 2.75) is 44.7 Å². The lowest BCUT2D eigenvalue weighted by atomic mass is 10.1. The predicted octanol–water partition coefficient (Wildman–Crippen LogP) is 3.46. The first-order chi connectivity index (χ1) is 14.4. The van der Waals surface area contributed by atoms with Crippen LogP contribution < -0.4 is 10.6 Å². The molecule has 1 amide bonds. The van der Waals surface area contributed by atoms with E-state index >= 15 is 0 Å². The second-order valence-electron chi connectivity index (χ2n) is 7.48. The Morgan fingerprint density at radius 2 is 1.93 bits per heavy atom. The zero-order valence-corrected chi connectivity index (χ0v) is 16.8. The standard InChI is InChI=1S/C22H25N3O5/c1-15(7-8-16-5-3-2-4-6-16)23-21(26)14-30-22(27)17-9-12-19(24-18-10-11-18)20(13-17)25(28)29/h2-6,9,12-13,15,18,24H,7-8,10-11,14H2,1H3,(H,23,26)/t15-/m0/s1. The summed E-state index contributed by atoms with van der Waals surface area (Å²) in [6, 6.07) is 14.2. The van der Waals surface area contributed by atoms with Gasteiger partial charge in [0.25, 0.3) is 11.6 Å². The molecule has 0 heterocycles. The number of benzene rings is 2. The number of nitro groups is 1. The number of hydrogen-bond acceptors (Lipinski definition) is 6. The Hall–Kier alpha value is -3.42. The fourth-order valence-electron chi connectivity index (χ4n) is 3.01. The van der Waals surface area contributed by atoms with Gasteiger partial charge in [-0.05, 0) is 50.3 Å². The van der Waals surface area contributed by atoms with Crippen molar-refractivity contribution in [3.8, 4) is 0 Å². The Bertz CT molecular complexity index is 912. The van der Waals surface area contributed by atoms with Crippen LogP contribution in [0.5, 0.6) is 0 Å². The van der Waals surface area contributed by atoms with Crippen LogP contribution in [0.1, 0.15) is 42.1 Å². The molecule has 0 spiro atoms. The van der Waals surface area contributed by atoms with Crippen molar-refractivity contribution in [1.29, 1.82) is 0 Å². The molecule has 0 unspecified atom stereocenters. The number of nitrogens with one attached hydrogen (secondary N) is 2. The van der Waals surface area contributed by atoms with Gasteiger partial charge in [-0.1, -0.05) is 30.3 Å². The van der Waals surface area contributed by atoms with Gasteiger partial charge in [0.2, 0.25) is 0 Å². The number of hydrogen-bond donors (Lipinski definition) is 2. The average Bonchev–Trinajstić information content (AvgIpc) is 3.55. The van der Waals surface area contributed by atoms with Gasteiger partial charge in [0.15, 0.2) is 6.61 Å². The van der Waals surface area contributed by atoms with Crippen LogP contribution in [-0.4, -0.2) is 35.5 Å². The Balaban J connectivity index is 1.47. The summed E-state index contributed by atoms with van der Waals surface area (Å²) in [7, 11) is 0. The van der Waals surface area contributed by atoms with Crippen LogP contribution in [-0.2, 0) is 16.0 Å². The molecule has 0 bridgehead atoms. The third kappa shape index (κ3) is 6.30. The first-order valence-electron chi connectivity index (χ1n) is 9.98. The van der Waals surface area contributed by atoms with Crippen LogP contribution in [0.4, 0.5) is 11.4 Å². The molecule has 1 fully saturated rings. The van der Waals surface area contributed by atoms with Gasteiger partial charge < -0.3 is 15.4 Å². The maximum atomic E-state index is 12.2. The normalized spacial score (nSPS) is 13.9. The van der Waals surface area contributed by atoms with E-state index in [1.807, 2.05) is 37.3 Å². The maximum Gasteiger partial charge on any atom is 0.338 e. The van der Waals surface area contributed by atoms with Gasteiger partial charge in [0, 0.05) is 18.2 Å². The Morgan fingerprint density at radius 1 is 1.20 bits per heavy atom. The van der Waals surface area contributed by atoms with E-state index in [1.165, 1.54) is 23.8 Å². The van der Waals surface area contributed by atoms with Crippen molar-refractivity contribution in [2.75, 3.05) is 11.9 Å². The molecular weight excluding hydrogens is 386 g/mol. The number of nitro benzene ring substituents is 1. The van der Waals surface area contributed by atoms with Gasteiger partial charge in [0.05, 0.1) is 10.5 Å².